The van der Waals surface area contributed by atoms with Gasteiger partial charge in [0, 0.05) is 18.0 Å². The first kappa shape index (κ1) is 20.7. The van der Waals surface area contributed by atoms with E-state index in [1.165, 1.54) is 24.8 Å². The molecule has 2 aromatic carbocycles. The SMILES string of the molecule is CCCCCc1cnc(-c2ccc(-c3ccc(C(CC)C(=O)O)cc3)cc2)nc1. The van der Waals surface area contributed by atoms with E-state index in [0.717, 1.165) is 34.5 Å². The number of nitrogens with zero attached hydrogens (tertiary/aromatic N) is 2. The van der Waals surface area contributed by atoms with Crippen LogP contribution in [0, 0.1) is 0 Å². The van der Waals surface area contributed by atoms with Crippen molar-refractivity contribution >= 4 is 5.97 Å². The number of hydrogen-bond acceptors (Lipinski definition) is 3. The molecule has 1 heterocycles. The molecule has 3 aromatic rings. The van der Waals surface area contributed by atoms with Crippen LogP contribution in [0.2, 0.25) is 0 Å². The summed E-state index contributed by atoms with van der Waals surface area (Å²) in [5, 5.41) is 9.31. The quantitative estimate of drug-likeness (QED) is 0.448. The summed E-state index contributed by atoms with van der Waals surface area (Å²) in [6, 6.07) is 15.9. The van der Waals surface area contributed by atoms with Gasteiger partial charge in [-0.1, -0.05) is 75.2 Å². The fourth-order valence-corrected chi connectivity index (χ4v) is 3.48. The van der Waals surface area contributed by atoms with Crippen LogP contribution in [-0.2, 0) is 11.2 Å². The van der Waals surface area contributed by atoms with Crippen molar-refractivity contribution in [2.45, 2.75) is 51.9 Å². The number of unbranched alkanes of at least 4 members (excludes halogenated alkanes) is 2. The summed E-state index contributed by atoms with van der Waals surface area (Å²) in [6.45, 7) is 4.10. The Kier molecular flexibility index (Phi) is 7.12. The minimum Gasteiger partial charge on any atom is -0.481 e. The van der Waals surface area contributed by atoms with Crippen LogP contribution in [0.15, 0.2) is 60.9 Å². The highest BCUT2D eigenvalue weighted by Gasteiger charge is 2.17. The molecule has 0 saturated heterocycles. The normalized spacial score (nSPS) is 11.9. The van der Waals surface area contributed by atoms with Crippen molar-refractivity contribution in [3.63, 3.8) is 0 Å². The number of benzene rings is 2. The molecule has 0 aliphatic heterocycles. The summed E-state index contributed by atoms with van der Waals surface area (Å²) < 4.78 is 0. The molecule has 29 heavy (non-hydrogen) atoms. The predicted octanol–water partition coefficient (Wildman–Crippen LogP) is 6.12. The number of carboxylic acid groups (broad SMARTS) is 1. The number of aromatic nitrogens is 2. The van der Waals surface area contributed by atoms with E-state index < -0.39 is 11.9 Å². The standard InChI is InChI=1S/C25H28N2O2/c1-3-5-6-7-18-16-26-24(27-17-18)22-14-10-20(11-15-22)19-8-12-21(13-9-19)23(4-2)25(28)29/h8-17,23H,3-7H2,1-2H3,(H,28,29). The second-order valence-electron chi connectivity index (χ2n) is 7.37. The van der Waals surface area contributed by atoms with Crippen LogP contribution in [0.25, 0.3) is 22.5 Å². The highest BCUT2D eigenvalue weighted by molar-refractivity contribution is 5.76. The van der Waals surface area contributed by atoms with Crippen molar-refractivity contribution in [3.05, 3.63) is 72.1 Å². The van der Waals surface area contributed by atoms with Crippen LogP contribution in [0.1, 0.15) is 56.6 Å². The topological polar surface area (TPSA) is 63.1 Å². The van der Waals surface area contributed by atoms with E-state index >= 15 is 0 Å². The predicted molar refractivity (Wildman–Crippen MR) is 117 cm³/mol. The molecular weight excluding hydrogens is 360 g/mol. The zero-order valence-corrected chi connectivity index (χ0v) is 17.1. The van der Waals surface area contributed by atoms with E-state index in [1.54, 1.807) is 0 Å². The van der Waals surface area contributed by atoms with Crippen LogP contribution in [0.5, 0.6) is 0 Å². The van der Waals surface area contributed by atoms with E-state index in [1.807, 2.05) is 55.7 Å². The van der Waals surface area contributed by atoms with Gasteiger partial charge in [-0.2, -0.15) is 0 Å². The van der Waals surface area contributed by atoms with Crippen molar-refractivity contribution < 1.29 is 9.90 Å². The van der Waals surface area contributed by atoms with E-state index in [9.17, 15) is 9.90 Å². The van der Waals surface area contributed by atoms with Crippen molar-refractivity contribution in [1.82, 2.24) is 9.97 Å². The number of aliphatic carboxylic acids is 1. The molecule has 0 bridgehead atoms. The van der Waals surface area contributed by atoms with Gasteiger partial charge in [0.15, 0.2) is 5.82 Å². The molecule has 3 rings (SSSR count). The molecule has 150 valence electrons. The van der Waals surface area contributed by atoms with Gasteiger partial charge < -0.3 is 5.11 Å². The maximum atomic E-state index is 11.3. The lowest BCUT2D eigenvalue weighted by Gasteiger charge is -2.11. The first-order chi connectivity index (χ1) is 14.1. The lowest BCUT2D eigenvalue weighted by Crippen LogP contribution is -2.10. The van der Waals surface area contributed by atoms with Crippen molar-refractivity contribution in [1.29, 1.82) is 0 Å². The van der Waals surface area contributed by atoms with E-state index in [-0.39, 0.29) is 0 Å². The minimum absolute atomic E-state index is 0.450. The van der Waals surface area contributed by atoms with Gasteiger partial charge in [0.05, 0.1) is 5.92 Å². The average Bonchev–Trinajstić information content (AvgIpc) is 2.75. The number of rotatable bonds is 9. The molecule has 1 aromatic heterocycles. The van der Waals surface area contributed by atoms with E-state index in [2.05, 4.69) is 29.0 Å². The molecule has 0 aliphatic carbocycles. The monoisotopic (exact) mass is 388 g/mol. The van der Waals surface area contributed by atoms with Crippen molar-refractivity contribution in [2.75, 3.05) is 0 Å². The third-order valence-electron chi connectivity index (χ3n) is 5.27. The Hall–Kier alpha value is -3.01. The summed E-state index contributed by atoms with van der Waals surface area (Å²) >= 11 is 0. The Morgan fingerprint density at radius 3 is 1.93 bits per heavy atom. The van der Waals surface area contributed by atoms with Gasteiger partial charge in [0.1, 0.15) is 0 Å². The smallest absolute Gasteiger partial charge is 0.310 e. The van der Waals surface area contributed by atoms with Crippen LogP contribution >= 0.6 is 0 Å². The lowest BCUT2D eigenvalue weighted by atomic mass is 9.94. The third kappa shape index (κ3) is 5.29. The second kappa shape index (κ2) is 9.97. The summed E-state index contributed by atoms with van der Waals surface area (Å²) in [4.78, 5) is 20.4. The number of hydrogen-bond donors (Lipinski definition) is 1. The number of carboxylic acids is 1. The zero-order valence-electron chi connectivity index (χ0n) is 17.1. The summed E-state index contributed by atoms with van der Waals surface area (Å²) in [6.07, 6.45) is 9.10. The first-order valence-electron chi connectivity index (χ1n) is 10.4. The number of aryl methyl sites for hydroxylation is 1. The molecule has 0 amide bonds. The maximum absolute atomic E-state index is 11.3. The van der Waals surface area contributed by atoms with Gasteiger partial charge in [-0.15, -0.1) is 0 Å². The van der Waals surface area contributed by atoms with Crippen LogP contribution in [0.4, 0.5) is 0 Å². The molecular formula is C25H28N2O2. The molecule has 1 atom stereocenters. The molecule has 0 saturated carbocycles. The minimum atomic E-state index is -0.777. The van der Waals surface area contributed by atoms with Crippen molar-refractivity contribution in [2.24, 2.45) is 0 Å². The summed E-state index contributed by atoms with van der Waals surface area (Å²) in [7, 11) is 0. The average molecular weight is 389 g/mol. The van der Waals surface area contributed by atoms with E-state index in [4.69, 9.17) is 0 Å². The highest BCUT2D eigenvalue weighted by Crippen LogP contribution is 2.26. The molecule has 1 N–H and O–H groups in total. The Labute approximate surface area is 172 Å². The fraction of sp³-hybridized carbons (Fsp3) is 0.320. The molecule has 0 spiro atoms. The van der Waals surface area contributed by atoms with Gasteiger partial charge in [0.25, 0.3) is 0 Å². The third-order valence-corrected chi connectivity index (χ3v) is 5.27. The van der Waals surface area contributed by atoms with Crippen LogP contribution in [-0.4, -0.2) is 21.0 Å². The largest absolute Gasteiger partial charge is 0.481 e. The van der Waals surface area contributed by atoms with Gasteiger partial charge in [0.2, 0.25) is 0 Å². The fourth-order valence-electron chi connectivity index (χ4n) is 3.48. The van der Waals surface area contributed by atoms with Gasteiger partial charge in [-0.3, -0.25) is 4.79 Å². The van der Waals surface area contributed by atoms with Gasteiger partial charge >= 0.3 is 5.97 Å². The zero-order chi connectivity index (χ0) is 20.6. The molecule has 0 aliphatic rings. The van der Waals surface area contributed by atoms with Crippen molar-refractivity contribution in [3.8, 4) is 22.5 Å². The number of carbonyl (C=O) groups is 1. The van der Waals surface area contributed by atoms with Crippen LogP contribution in [0.3, 0.4) is 0 Å². The second-order valence-corrected chi connectivity index (χ2v) is 7.37. The van der Waals surface area contributed by atoms with E-state index in [0.29, 0.717) is 6.42 Å². The van der Waals surface area contributed by atoms with Crippen LogP contribution < -0.4 is 0 Å². The molecule has 4 heteroatoms. The molecule has 4 nitrogen and oxygen atoms in total. The Morgan fingerprint density at radius 2 is 1.41 bits per heavy atom. The molecule has 0 radical (unpaired) electrons. The lowest BCUT2D eigenvalue weighted by molar-refractivity contribution is -0.138. The maximum Gasteiger partial charge on any atom is 0.310 e. The Morgan fingerprint density at radius 1 is 0.862 bits per heavy atom. The Bertz CT molecular complexity index is 917. The van der Waals surface area contributed by atoms with Gasteiger partial charge in [-0.25, -0.2) is 9.97 Å². The Balaban J connectivity index is 1.70. The highest BCUT2D eigenvalue weighted by atomic mass is 16.4. The summed E-state index contributed by atoms with van der Waals surface area (Å²) in [5.74, 6) is -0.493. The first-order valence-corrected chi connectivity index (χ1v) is 10.4. The van der Waals surface area contributed by atoms with Gasteiger partial charge in [-0.05, 0) is 41.5 Å². The molecule has 0 fully saturated rings. The summed E-state index contributed by atoms with van der Waals surface area (Å²) in [5.41, 5.74) is 5.16. The molecule has 1 unspecified atom stereocenters.